The van der Waals surface area contributed by atoms with Crippen LogP contribution in [0, 0.1) is 0 Å². The molecule has 3 rings (SSSR count). The van der Waals surface area contributed by atoms with Gasteiger partial charge in [0.05, 0.1) is 29.5 Å². The lowest BCUT2D eigenvalue weighted by Crippen LogP contribution is -2.02. The number of halogens is 1. The molecule has 0 aliphatic rings. The molecule has 0 radical (unpaired) electrons. The van der Waals surface area contributed by atoms with Gasteiger partial charge in [0.15, 0.2) is 0 Å². The summed E-state index contributed by atoms with van der Waals surface area (Å²) in [7, 11) is 0. The number of hydrogen-bond acceptors (Lipinski definition) is 4. The van der Waals surface area contributed by atoms with Gasteiger partial charge >= 0.3 is 0 Å². The van der Waals surface area contributed by atoms with E-state index in [0.717, 1.165) is 16.4 Å². The maximum absolute atomic E-state index is 5.71. The highest BCUT2D eigenvalue weighted by Gasteiger charge is 2.07. The van der Waals surface area contributed by atoms with Crippen LogP contribution >= 0.6 is 22.9 Å². The zero-order chi connectivity index (χ0) is 12.4. The standard InChI is InChI=1S/C12H9ClN4S/c13-11-7-15-9(6-16-11)8-17-4-3-14-12(17)10-2-1-5-18-10/h1-7H,8H2. The number of aromatic nitrogens is 4. The van der Waals surface area contributed by atoms with Gasteiger partial charge in [0.2, 0.25) is 0 Å². The molecule has 0 fully saturated rings. The van der Waals surface area contributed by atoms with Crippen LogP contribution in [0.25, 0.3) is 10.7 Å². The van der Waals surface area contributed by atoms with Gasteiger partial charge in [0, 0.05) is 12.4 Å². The van der Waals surface area contributed by atoms with E-state index >= 15 is 0 Å². The Hall–Kier alpha value is -1.72. The number of nitrogens with zero attached hydrogens (tertiary/aromatic N) is 4. The maximum atomic E-state index is 5.71. The average molecular weight is 277 g/mol. The van der Waals surface area contributed by atoms with Crippen LogP contribution in [0.15, 0.2) is 42.3 Å². The first-order valence-electron chi connectivity index (χ1n) is 5.34. The Morgan fingerprint density at radius 1 is 1.22 bits per heavy atom. The third-order valence-electron chi connectivity index (χ3n) is 2.46. The first kappa shape index (κ1) is 11.4. The molecule has 0 atom stereocenters. The van der Waals surface area contributed by atoms with Crippen LogP contribution in [-0.4, -0.2) is 19.5 Å². The van der Waals surface area contributed by atoms with Gasteiger partial charge in [-0.3, -0.25) is 4.98 Å². The molecule has 0 aliphatic heterocycles. The van der Waals surface area contributed by atoms with E-state index < -0.39 is 0 Å². The Balaban J connectivity index is 1.90. The van der Waals surface area contributed by atoms with E-state index in [4.69, 9.17) is 11.6 Å². The Bertz CT molecular complexity index is 630. The fraction of sp³-hybridized carbons (Fsp3) is 0.0833. The van der Waals surface area contributed by atoms with Crippen molar-refractivity contribution in [3.8, 4) is 10.7 Å². The predicted molar refractivity (Wildman–Crippen MR) is 71.7 cm³/mol. The molecule has 0 saturated heterocycles. The van der Waals surface area contributed by atoms with E-state index in [2.05, 4.69) is 21.0 Å². The summed E-state index contributed by atoms with van der Waals surface area (Å²) < 4.78 is 2.05. The van der Waals surface area contributed by atoms with Crippen LogP contribution in [0.1, 0.15) is 5.69 Å². The molecule has 0 saturated carbocycles. The van der Waals surface area contributed by atoms with Crippen molar-refractivity contribution in [2.75, 3.05) is 0 Å². The molecule has 0 amide bonds. The average Bonchev–Trinajstić information content (AvgIpc) is 3.02. The quantitative estimate of drug-likeness (QED) is 0.738. The van der Waals surface area contributed by atoms with Crippen molar-refractivity contribution in [3.05, 3.63) is 53.1 Å². The van der Waals surface area contributed by atoms with Gasteiger partial charge in [0.25, 0.3) is 0 Å². The third kappa shape index (κ3) is 2.27. The molecular formula is C12H9ClN4S. The van der Waals surface area contributed by atoms with Crippen LogP contribution in [0.3, 0.4) is 0 Å². The second-order valence-corrected chi connectivity index (χ2v) is 5.02. The van der Waals surface area contributed by atoms with Crippen molar-refractivity contribution in [2.24, 2.45) is 0 Å². The molecule has 0 unspecified atom stereocenters. The molecule has 3 heterocycles. The van der Waals surface area contributed by atoms with Gasteiger partial charge in [-0.2, -0.15) is 0 Å². The molecule has 90 valence electrons. The largest absolute Gasteiger partial charge is 0.324 e. The molecule has 0 aromatic carbocycles. The SMILES string of the molecule is Clc1cnc(Cn2ccnc2-c2cccs2)cn1. The summed E-state index contributed by atoms with van der Waals surface area (Å²) in [6.07, 6.45) is 6.96. The minimum atomic E-state index is 0.405. The first-order chi connectivity index (χ1) is 8.83. The van der Waals surface area contributed by atoms with Gasteiger partial charge in [-0.25, -0.2) is 9.97 Å². The van der Waals surface area contributed by atoms with Crippen LogP contribution in [0.2, 0.25) is 5.15 Å². The van der Waals surface area contributed by atoms with Gasteiger partial charge < -0.3 is 4.57 Å². The van der Waals surface area contributed by atoms with E-state index in [0.29, 0.717) is 11.7 Å². The minimum absolute atomic E-state index is 0.405. The summed E-state index contributed by atoms with van der Waals surface area (Å²) >= 11 is 7.38. The van der Waals surface area contributed by atoms with Crippen LogP contribution in [-0.2, 0) is 6.54 Å². The molecule has 3 aromatic heterocycles. The Labute approximate surface area is 113 Å². The highest BCUT2D eigenvalue weighted by molar-refractivity contribution is 7.13. The summed E-state index contributed by atoms with van der Waals surface area (Å²) in [5, 5.41) is 2.44. The van der Waals surface area contributed by atoms with E-state index in [1.807, 2.05) is 22.2 Å². The Morgan fingerprint density at radius 2 is 2.17 bits per heavy atom. The summed E-state index contributed by atoms with van der Waals surface area (Å²) in [4.78, 5) is 13.8. The maximum Gasteiger partial charge on any atom is 0.150 e. The molecule has 0 bridgehead atoms. The fourth-order valence-electron chi connectivity index (χ4n) is 1.66. The summed E-state index contributed by atoms with van der Waals surface area (Å²) in [6.45, 7) is 0.636. The summed E-state index contributed by atoms with van der Waals surface area (Å²) in [6, 6.07) is 4.07. The summed E-state index contributed by atoms with van der Waals surface area (Å²) in [5.74, 6) is 0.946. The lowest BCUT2D eigenvalue weighted by molar-refractivity contribution is 0.777. The normalized spacial score (nSPS) is 10.7. The van der Waals surface area contributed by atoms with Crippen molar-refractivity contribution >= 4 is 22.9 Å². The number of hydrogen-bond donors (Lipinski definition) is 0. The van der Waals surface area contributed by atoms with Gasteiger partial charge in [0.1, 0.15) is 11.0 Å². The molecule has 4 nitrogen and oxygen atoms in total. The smallest absolute Gasteiger partial charge is 0.150 e. The second-order valence-electron chi connectivity index (χ2n) is 3.69. The lowest BCUT2D eigenvalue weighted by atomic mass is 10.4. The zero-order valence-corrected chi connectivity index (χ0v) is 10.9. The third-order valence-corrected chi connectivity index (χ3v) is 3.52. The van der Waals surface area contributed by atoms with E-state index in [1.54, 1.807) is 29.9 Å². The predicted octanol–water partition coefficient (Wildman–Crippen LogP) is 3.10. The number of imidazole rings is 1. The van der Waals surface area contributed by atoms with Crippen LogP contribution < -0.4 is 0 Å². The fourth-order valence-corrected chi connectivity index (χ4v) is 2.50. The number of thiophene rings is 1. The van der Waals surface area contributed by atoms with Crippen molar-refractivity contribution < 1.29 is 0 Å². The molecular weight excluding hydrogens is 268 g/mol. The van der Waals surface area contributed by atoms with Crippen LogP contribution in [0.5, 0.6) is 0 Å². The molecule has 3 aromatic rings. The first-order valence-corrected chi connectivity index (χ1v) is 6.60. The van der Waals surface area contributed by atoms with E-state index in [-0.39, 0.29) is 0 Å². The van der Waals surface area contributed by atoms with Gasteiger partial charge in [-0.15, -0.1) is 11.3 Å². The van der Waals surface area contributed by atoms with Crippen molar-refractivity contribution in [2.45, 2.75) is 6.54 Å². The highest BCUT2D eigenvalue weighted by Crippen LogP contribution is 2.23. The van der Waals surface area contributed by atoms with Crippen molar-refractivity contribution in [3.63, 3.8) is 0 Å². The minimum Gasteiger partial charge on any atom is -0.324 e. The second kappa shape index (κ2) is 4.88. The molecule has 18 heavy (non-hydrogen) atoms. The topological polar surface area (TPSA) is 43.6 Å². The number of rotatable bonds is 3. The van der Waals surface area contributed by atoms with E-state index in [9.17, 15) is 0 Å². The van der Waals surface area contributed by atoms with Gasteiger partial charge in [-0.05, 0) is 11.4 Å². The highest BCUT2D eigenvalue weighted by atomic mass is 35.5. The van der Waals surface area contributed by atoms with Crippen molar-refractivity contribution in [1.29, 1.82) is 0 Å². The van der Waals surface area contributed by atoms with Gasteiger partial charge in [-0.1, -0.05) is 17.7 Å². The molecule has 0 aliphatic carbocycles. The summed E-state index contributed by atoms with van der Waals surface area (Å²) in [5.41, 5.74) is 0.857. The molecule has 6 heteroatoms. The Morgan fingerprint density at radius 3 is 2.89 bits per heavy atom. The zero-order valence-electron chi connectivity index (χ0n) is 9.32. The Kier molecular flexibility index (Phi) is 3.08. The van der Waals surface area contributed by atoms with Crippen molar-refractivity contribution in [1.82, 2.24) is 19.5 Å². The molecule has 0 spiro atoms. The monoisotopic (exact) mass is 276 g/mol. The van der Waals surface area contributed by atoms with E-state index in [1.165, 1.54) is 0 Å². The lowest BCUT2D eigenvalue weighted by Gasteiger charge is -2.05. The molecule has 0 N–H and O–H groups in total. The van der Waals surface area contributed by atoms with Crippen LogP contribution in [0.4, 0.5) is 0 Å².